The van der Waals surface area contributed by atoms with Crippen LogP contribution in [0, 0.1) is 5.92 Å². The van der Waals surface area contributed by atoms with Crippen molar-refractivity contribution in [2.45, 2.75) is 25.9 Å². The van der Waals surface area contributed by atoms with Crippen LogP contribution in [0.2, 0.25) is 0 Å². The highest BCUT2D eigenvalue weighted by atomic mass is 16.5. The number of fused-ring (bicyclic) bond motifs is 3. The highest BCUT2D eigenvalue weighted by Crippen LogP contribution is 2.29. The molecular weight excluding hydrogens is 416 g/mol. The molecule has 1 fully saturated rings. The zero-order chi connectivity index (χ0) is 22.4. The molecule has 0 unspecified atom stereocenters. The first kappa shape index (κ1) is 19.9. The number of benzene rings is 2. The number of hydrogen-bond acceptors (Lipinski definition) is 5. The van der Waals surface area contributed by atoms with E-state index in [1.807, 2.05) is 58.0 Å². The van der Waals surface area contributed by atoms with Crippen LogP contribution < -0.4 is 5.56 Å². The van der Waals surface area contributed by atoms with Gasteiger partial charge in [0, 0.05) is 24.4 Å². The minimum atomic E-state index is -0.152. The zero-order valence-corrected chi connectivity index (χ0v) is 18.3. The molecule has 33 heavy (non-hydrogen) atoms. The smallest absolute Gasteiger partial charge is 0.297 e. The van der Waals surface area contributed by atoms with Gasteiger partial charge < -0.3 is 4.74 Å². The van der Waals surface area contributed by atoms with E-state index in [2.05, 4.69) is 24.2 Å². The number of ether oxygens (including phenoxy) is 1. The van der Waals surface area contributed by atoms with Crippen LogP contribution in [0.25, 0.3) is 28.0 Å². The molecule has 0 N–H and O–H groups in total. The van der Waals surface area contributed by atoms with Crippen molar-refractivity contribution in [3.8, 4) is 17.1 Å². The Bertz CT molecular complexity index is 1430. The van der Waals surface area contributed by atoms with Crippen molar-refractivity contribution in [2.24, 2.45) is 5.92 Å². The Labute approximate surface area is 190 Å². The largest absolute Gasteiger partial charge is 0.379 e. The van der Waals surface area contributed by atoms with Gasteiger partial charge in [-0.3, -0.25) is 9.48 Å². The molecule has 0 bridgehead atoms. The summed E-state index contributed by atoms with van der Waals surface area (Å²) < 4.78 is 11.0. The molecule has 1 aromatic heterocycles. The molecule has 3 aliphatic heterocycles. The maximum Gasteiger partial charge on any atom is 0.297 e. The summed E-state index contributed by atoms with van der Waals surface area (Å²) in [5.41, 5.74) is 3.92. The Morgan fingerprint density at radius 2 is 1.88 bits per heavy atom. The van der Waals surface area contributed by atoms with Gasteiger partial charge in [0.15, 0.2) is 5.69 Å². The molecule has 4 heterocycles. The Morgan fingerprint density at radius 1 is 1.03 bits per heavy atom. The lowest BCUT2D eigenvalue weighted by atomic mass is 9.97. The van der Waals surface area contributed by atoms with Crippen molar-refractivity contribution < 1.29 is 4.74 Å². The van der Waals surface area contributed by atoms with Gasteiger partial charge in [-0.05, 0) is 42.2 Å². The second-order valence-electron chi connectivity index (χ2n) is 8.65. The van der Waals surface area contributed by atoms with Gasteiger partial charge in [-0.25, -0.2) is 9.36 Å². The van der Waals surface area contributed by atoms with Crippen LogP contribution in [-0.4, -0.2) is 42.6 Å². The van der Waals surface area contributed by atoms with Crippen LogP contribution in [0.3, 0.4) is 0 Å². The van der Waals surface area contributed by atoms with Gasteiger partial charge in [0.05, 0.1) is 30.4 Å². The van der Waals surface area contributed by atoms with Gasteiger partial charge in [0.1, 0.15) is 5.69 Å². The van der Waals surface area contributed by atoms with E-state index < -0.39 is 0 Å². The molecule has 3 aromatic rings. The fourth-order valence-corrected chi connectivity index (χ4v) is 4.59. The van der Waals surface area contributed by atoms with Gasteiger partial charge in [-0.1, -0.05) is 37.3 Å². The van der Waals surface area contributed by atoms with Crippen molar-refractivity contribution >= 4 is 10.9 Å². The lowest BCUT2D eigenvalue weighted by Gasteiger charge is -2.28. The summed E-state index contributed by atoms with van der Waals surface area (Å²) in [7, 11) is 0. The first-order chi connectivity index (χ1) is 16.2. The predicted octanol–water partition coefficient (Wildman–Crippen LogP) is 3.53. The number of rotatable bonds is 4. The van der Waals surface area contributed by atoms with E-state index in [9.17, 15) is 4.79 Å². The summed E-state index contributed by atoms with van der Waals surface area (Å²) in [6.45, 7) is 3.93. The Balaban J connectivity index is 1.43. The SMILES string of the molecule is C[C@@H]1CCOC[C@H]1n1nc2c3ccccc3n(Cc3ccc(-n4cccn4)cc3)nc-2c1=O. The average molecular weight is 441 g/mol. The monoisotopic (exact) mass is 440 g/mol. The summed E-state index contributed by atoms with van der Waals surface area (Å²) in [4.78, 5) is 13.4. The van der Waals surface area contributed by atoms with E-state index >= 15 is 0 Å². The second kappa shape index (κ2) is 7.97. The molecule has 3 aliphatic rings. The number of hydrogen-bond donors (Lipinski definition) is 0. The van der Waals surface area contributed by atoms with Crippen molar-refractivity contribution in [3.63, 3.8) is 0 Å². The van der Waals surface area contributed by atoms with Gasteiger partial charge >= 0.3 is 0 Å². The molecule has 2 aromatic carbocycles. The molecule has 0 amide bonds. The minimum absolute atomic E-state index is 0.0671. The first-order valence-electron chi connectivity index (χ1n) is 11.2. The first-order valence-corrected chi connectivity index (χ1v) is 11.2. The quantitative estimate of drug-likeness (QED) is 0.427. The molecule has 0 radical (unpaired) electrons. The zero-order valence-electron chi connectivity index (χ0n) is 18.3. The third-order valence-corrected chi connectivity index (χ3v) is 6.52. The summed E-state index contributed by atoms with van der Waals surface area (Å²) in [6.07, 6.45) is 4.59. The number of nitrogens with zero attached hydrogens (tertiary/aromatic N) is 6. The van der Waals surface area contributed by atoms with Crippen LogP contribution in [0.15, 0.2) is 71.8 Å². The third-order valence-electron chi connectivity index (χ3n) is 6.52. The maximum atomic E-state index is 13.4. The molecule has 2 atom stereocenters. The van der Waals surface area contributed by atoms with E-state index in [0.29, 0.717) is 30.5 Å². The van der Waals surface area contributed by atoms with E-state index in [1.165, 1.54) is 0 Å². The van der Waals surface area contributed by atoms with Crippen LogP contribution >= 0.6 is 0 Å². The lowest BCUT2D eigenvalue weighted by Crippen LogP contribution is -2.34. The molecule has 166 valence electrons. The van der Waals surface area contributed by atoms with Crippen molar-refractivity contribution in [2.75, 3.05) is 13.2 Å². The van der Waals surface area contributed by atoms with Gasteiger partial charge in [-0.2, -0.15) is 15.3 Å². The van der Waals surface area contributed by atoms with Crippen molar-refractivity contribution in [1.29, 1.82) is 0 Å². The fourth-order valence-electron chi connectivity index (χ4n) is 4.59. The molecule has 0 spiro atoms. The third kappa shape index (κ3) is 3.43. The summed E-state index contributed by atoms with van der Waals surface area (Å²) in [6, 6.07) is 18.0. The van der Waals surface area contributed by atoms with Crippen molar-refractivity contribution in [1.82, 2.24) is 29.3 Å². The van der Waals surface area contributed by atoms with Gasteiger partial charge in [0.2, 0.25) is 0 Å². The summed E-state index contributed by atoms with van der Waals surface area (Å²) >= 11 is 0. The molecular formula is C25H24N6O2. The fraction of sp³-hybridized carbons (Fsp3) is 0.280. The average Bonchev–Trinajstić information content (AvgIpc) is 3.49. The normalized spacial score (nSPS) is 18.8. The highest BCUT2D eigenvalue weighted by molar-refractivity contribution is 5.92. The van der Waals surface area contributed by atoms with E-state index in [1.54, 1.807) is 10.9 Å². The predicted molar refractivity (Wildman–Crippen MR) is 125 cm³/mol. The van der Waals surface area contributed by atoms with E-state index in [-0.39, 0.29) is 11.6 Å². The summed E-state index contributed by atoms with van der Waals surface area (Å²) in [5.74, 6) is 0.326. The van der Waals surface area contributed by atoms with Crippen molar-refractivity contribution in [3.05, 3.63) is 82.9 Å². The van der Waals surface area contributed by atoms with E-state index in [0.717, 1.165) is 35.2 Å². The molecule has 8 heteroatoms. The Kier molecular flexibility index (Phi) is 4.80. The standard InChI is InChI=1S/C25H24N6O2/c1-17-11-14-33-16-22(17)31-25(32)24-23(28-31)20-5-2-3-6-21(20)30(27-24)15-18-7-9-19(10-8-18)29-13-4-12-26-29/h2-10,12-13,17,22H,11,14-16H2,1H3/t17-,22-/m1/s1. The molecule has 0 saturated carbocycles. The Hall–Kier alpha value is -3.78. The lowest BCUT2D eigenvalue weighted by molar-refractivity contribution is 0.0227. The van der Waals surface area contributed by atoms with Gasteiger partial charge in [-0.15, -0.1) is 0 Å². The molecule has 8 nitrogen and oxygen atoms in total. The van der Waals surface area contributed by atoms with E-state index in [4.69, 9.17) is 14.9 Å². The molecule has 0 aliphatic carbocycles. The molecule has 6 rings (SSSR count). The summed E-state index contributed by atoms with van der Waals surface area (Å²) in [5, 5.41) is 14.7. The topological polar surface area (TPSA) is 79.8 Å². The Morgan fingerprint density at radius 3 is 2.67 bits per heavy atom. The number of para-hydroxylation sites is 1. The molecule has 1 saturated heterocycles. The van der Waals surface area contributed by atoms with Crippen LogP contribution in [0.1, 0.15) is 24.9 Å². The maximum absolute atomic E-state index is 13.4. The van der Waals surface area contributed by atoms with Crippen LogP contribution in [-0.2, 0) is 11.3 Å². The van der Waals surface area contributed by atoms with Gasteiger partial charge in [0.25, 0.3) is 5.56 Å². The van der Waals surface area contributed by atoms with Crippen LogP contribution in [0.4, 0.5) is 0 Å². The highest BCUT2D eigenvalue weighted by Gasteiger charge is 2.30. The number of aromatic nitrogens is 6. The van der Waals surface area contributed by atoms with Crippen LogP contribution in [0.5, 0.6) is 0 Å². The second-order valence-corrected chi connectivity index (χ2v) is 8.65. The minimum Gasteiger partial charge on any atom is -0.379 e.